The van der Waals surface area contributed by atoms with Gasteiger partial charge in [0.2, 0.25) is 5.75 Å². The predicted molar refractivity (Wildman–Crippen MR) is 149 cm³/mol. The van der Waals surface area contributed by atoms with Gasteiger partial charge in [0.05, 0.1) is 13.2 Å². The average Bonchev–Trinajstić information content (AvgIpc) is 2.89. The van der Waals surface area contributed by atoms with Gasteiger partial charge in [0.25, 0.3) is 0 Å². The van der Waals surface area contributed by atoms with Gasteiger partial charge in [-0.05, 0) is 54.6 Å². The molecule has 7 nitrogen and oxygen atoms in total. The number of aromatic hydroxyl groups is 1. The smallest absolute Gasteiger partial charge is 0.347 e. The van der Waals surface area contributed by atoms with Crippen molar-refractivity contribution < 1.29 is 33.6 Å². The molecular formula is C29H34Cl2O7. The molecule has 0 heterocycles. The zero-order valence-corrected chi connectivity index (χ0v) is 23.3. The standard InChI is InChI=1S/C29H34Cl2O7/c1-3-5-11-34-13-15-36-26-17-20-7-8-21(30)18-24(20)27(28(26)37-16-14-35-12-6-4-2)38-29(33)23-10-9-22(31)19-25(23)32/h7-10,17-19,32H,3-6,11-16H2,1-2H3. The van der Waals surface area contributed by atoms with Crippen molar-refractivity contribution in [2.45, 2.75) is 39.5 Å². The third-order valence-electron chi connectivity index (χ3n) is 5.59. The number of carbonyl (C=O) groups excluding carboxylic acids is 1. The molecule has 3 aromatic carbocycles. The Labute approximate surface area is 233 Å². The van der Waals surface area contributed by atoms with Crippen molar-refractivity contribution in [2.24, 2.45) is 0 Å². The number of phenols is 1. The summed E-state index contributed by atoms with van der Waals surface area (Å²) in [7, 11) is 0. The molecule has 0 aromatic heterocycles. The second-order valence-corrected chi connectivity index (χ2v) is 9.45. The second-order valence-electron chi connectivity index (χ2n) is 8.58. The number of unbranched alkanes of at least 4 members (excludes halogenated alkanes) is 2. The molecule has 3 aromatic rings. The Kier molecular flexibility index (Phi) is 12.3. The summed E-state index contributed by atoms with van der Waals surface area (Å²) in [5.74, 6) is -0.345. The van der Waals surface area contributed by atoms with Gasteiger partial charge in [0.15, 0.2) is 11.5 Å². The number of phenolic OH excluding ortho intramolecular Hbond substituents is 1. The fourth-order valence-corrected chi connectivity index (χ4v) is 3.91. The molecule has 0 aliphatic carbocycles. The van der Waals surface area contributed by atoms with Gasteiger partial charge >= 0.3 is 5.97 Å². The molecule has 0 saturated carbocycles. The summed E-state index contributed by atoms with van der Waals surface area (Å²) in [5.41, 5.74) is -0.0472. The van der Waals surface area contributed by atoms with Gasteiger partial charge in [-0.3, -0.25) is 0 Å². The summed E-state index contributed by atoms with van der Waals surface area (Å²) in [5, 5.41) is 12.3. The number of ether oxygens (including phenoxy) is 5. The Hall–Kier alpha value is -2.71. The van der Waals surface area contributed by atoms with E-state index in [0.29, 0.717) is 47.6 Å². The fraction of sp³-hybridized carbons (Fsp3) is 0.414. The lowest BCUT2D eigenvalue weighted by atomic mass is 10.1. The highest BCUT2D eigenvalue weighted by Gasteiger charge is 2.23. The minimum Gasteiger partial charge on any atom is -0.507 e. The minimum absolute atomic E-state index is 0.0472. The summed E-state index contributed by atoms with van der Waals surface area (Å²) in [6.07, 6.45) is 4.00. The van der Waals surface area contributed by atoms with Gasteiger partial charge in [-0.1, -0.05) is 56.0 Å². The van der Waals surface area contributed by atoms with E-state index in [1.54, 1.807) is 18.2 Å². The maximum Gasteiger partial charge on any atom is 0.347 e. The topological polar surface area (TPSA) is 83.5 Å². The number of fused-ring (bicyclic) bond motifs is 1. The quantitative estimate of drug-likeness (QED) is 0.110. The molecule has 0 fully saturated rings. The molecule has 1 N–H and O–H groups in total. The SMILES string of the molecule is CCCCOCCOc1cc2ccc(Cl)cc2c(OC(=O)c2ccc(Cl)cc2O)c1OCCOCCCC. The molecule has 206 valence electrons. The van der Waals surface area contributed by atoms with Crippen LogP contribution >= 0.6 is 23.2 Å². The molecule has 0 aliphatic rings. The van der Waals surface area contributed by atoms with Crippen LogP contribution in [-0.2, 0) is 9.47 Å². The Balaban J connectivity index is 1.94. The van der Waals surface area contributed by atoms with Crippen LogP contribution in [0, 0.1) is 0 Å². The van der Waals surface area contributed by atoms with Gasteiger partial charge in [-0.2, -0.15) is 0 Å². The van der Waals surface area contributed by atoms with Crippen LogP contribution in [0.2, 0.25) is 10.0 Å². The van der Waals surface area contributed by atoms with Crippen LogP contribution in [0.3, 0.4) is 0 Å². The van der Waals surface area contributed by atoms with Crippen molar-refractivity contribution in [2.75, 3.05) is 39.6 Å². The van der Waals surface area contributed by atoms with E-state index in [0.717, 1.165) is 31.1 Å². The lowest BCUT2D eigenvalue weighted by Crippen LogP contribution is -2.14. The monoisotopic (exact) mass is 564 g/mol. The van der Waals surface area contributed by atoms with Crippen molar-refractivity contribution >= 4 is 39.9 Å². The van der Waals surface area contributed by atoms with Crippen LogP contribution in [0.4, 0.5) is 0 Å². The molecule has 0 spiro atoms. The van der Waals surface area contributed by atoms with Crippen LogP contribution < -0.4 is 14.2 Å². The van der Waals surface area contributed by atoms with Gasteiger partial charge in [-0.25, -0.2) is 4.79 Å². The molecular weight excluding hydrogens is 531 g/mol. The third-order valence-corrected chi connectivity index (χ3v) is 6.06. The van der Waals surface area contributed by atoms with Crippen molar-refractivity contribution in [1.82, 2.24) is 0 Å². The Morgan fingerprint density at radius 1 is 0.763 bits per heavy atom. The van der Waals surface area contributed by atoms with Crippen LogP contribution in [0.25, 0.3) is 10.8 Å². The number of esters is 1. The lowest BCUT2D eigenvalue weighted by Gasteiger charge is -2.19. The largest absolute Gasteiger partial charge is 0.507 e. The first-order chi connectivity index (χ1) is 18.4. The molecule has 0 unspecified atom stereocenters. The lowest BCUT2D eigenvalue weighted by molar-refractivity contribution is 0.0711. The summed E-state index contributed by atoms with van der Waals surface area (Å²) in [4.78, 5) is 13.1. The molecule has 9 heteroatoms. The zero-order valence-electron chi connectivity index (χ0n) is 21.8. The van der Waals surface area contributed by atoms with Crippen molar-refractivity contribution in [1.29, 1.82) is 0 Å². The van der Waals surface area contributed by atoms with Crippen molar-refractivity contribution in [3.63, 3.8) is 0 Å². The Morgan fingerprint density at radius 2 is 1.39 bits per heavy atom. The van der Waals surface area contributed by atoms with Crippen LogP contribution in [0.1, 0.15) is 49.9 Å². The summed E-state index contributed by atoms with van der Waals surface area (Å²) >= 11 is 12.2. The number of hydrogen-bond donors (Lipinski definition) is 1. The number of benzene rings is 3. The van der Waals surface area contributed by atoms with Crippen LogP contribution in [-0.4, -0.2) is 50.7 Å². The van der Waals surface area contributed by atoms with E-state index in [-0.39, 0.29) is 36.0 Å². The van der Waals surface area contributed by atoms with E-state index in [1.165, 1.54) is 18.2 Å². The second kappa shape index (κ2) is 15.6. The molecule has 38 heavy (non-hydrogen) atoms. The molecule has 0 aliphatic heterocycles. The molecule has 0 amide bonds. The van der Waals surface area contributed by atoms with E-state index < -0.39 is 5.97 Å². The van der Waals surface area contributed by atoms with E-state index in [4.69, 9.17) is 46.9 Å². The Morgan fingerprint density at radius 3 is 2.05 bits per heavy atom. The highest BCUT2D eigenvalue weighted by Crippen LogP contribution is 2.45. The highest BCUT2D eigenvalue weighted by atomic mass is 35.5. The fourth-order valence-electron chi connectivity index (χ4n) is 3.57. The predicted octanol–water partition coefficient (Wildman–Crippen LogP) is 7.46. The Bertz CT molecular complexity index is 1200. The maximum absolute atomic E-state index is 13.1. The van der Waals surface area contributed by atoms with Crippen molar-refractivity contribution in [3.05, 3.63) is 58.1 Å². The zero-order chi connectivity index (χ0) is 27.3. The first-order valence-electron chi connectivity index (χ1n) is 12.8. The summed E-state index contributed by atoms with van der Waals surface area (Å²) in [6, 6.07) is 11.2. The molecule has 0 bridgehead atoms. The normalized spacial score (nSPS) is 11.1. The molecule has 0 saturated heterocycles. The maximum atomic E-state index is 13.1. The van der Waals surface area contributed by atoms with Gasteiger partial charge in [0, 0.05) is 28.6 Å². The number of carbonyl (C=O) groups is 1. The molecule has 0 radical (unpaired) electrons. The van der Waals surface area contributed by atoms with Gasteiger partial charge in [-0.15, -0.1) is 0 Å². The van der Waals surface area contributed by atoms with E-state index in [1.807, 2.05) is 6.07 Å². The molecule has 3 rings (SSSR count). The average molecular weight is 565 g/mol. The minimum atomic E-state index is -0.787. The van der Waals surface area contributed by atoms with Gasteiger partial charge in [0.1, 0.15) is 24.5 Å². The van der Waals surface area contributed by atoms with Gasteiger partial charge < -0.3 is 28.8 Å². The number of halogens is 2. The van der Waals surface area contributed by atoms with Crippen LogP contribution in [0.15, 0.2) is 42.5 Å². The third kappa shape index (κ3) is 8.67. The summed E-state index contributed by atoms with van der Waals surface area (Å²) in [6.45, 7) is 6.70. The van der Waals surface area contributed by atoms with Crippen LogP contribution in [0.5, 0.6) is 23.0 Å². The highest BCUT2D eigenvalue weighted by molar-refractivity contribution is 6.31. The first-order valence-corrected chi connectivity index (χ1v) is 13.6. The number of rotatable bonds is 16. The summed E-state index contributed by atoms with van der Waals surface area (Å²) < 4.78 is 29.2. The van der Waals surface area contributed by atoms with Crippen molar-refractivity contribution in [3.8, 4) is 23.0 Å². The van der Waals surface area contributed by atoms with E-state index in [2.05, 4.69) is 13.8 Å². The van der Waals surface area contributed by atoms with E-state index in [9.17, 15) is 9.90 Å². The molecule has 0 atom stereocenters. The van der Waals surface area contributed by atoms with E-state index >= 15 is 0 Å². The first kappa shape index (κ1) is 29.8. The number of hydrogen-bond acceptors (Lipinski definition) is 7.